The van der Waals surface area contributed by atoms with Crippen LogP contribution >= 0.6 is 0 Å². The molecule has 0 aromatic rings. The first-order valence-corrected chi connectivity index (χ1v) is 12.6. The predicted octanol–water partition coefficient (Wildman–Crippen LogP) is 0.608. The minimum absolute atomic E-state index is 0.00523. The molecule has 8 heteroatoms. The highest BCUT2D eigenvalue weighted by molar-refractivity contribution is 5.82. The molecule has 0 saturated carbocycles. The van der Waals surface area contributed by atoms with Crippen LogP contribution in [0.25, 0.3) is 0 Å². The molecule has 3 rings (SSSR count). The van der Waals surface area contributed by atoms with Crippen molar-refractivity contribution in [3.63, 3.8) is 0 Å². The summed E-state index contributed by atoms with van der Waals surface area (Å²) >= 11 is 0. The van der Waals surface area contributed by atoms with Gasteiger partial charge in [0, 0.05) is 78.5 Å². The third-order valence-corrected chi connectivity index (χ3v) is 7.01. The van der Waals surface area contributed by atoms with Crippen molar-refractivity contribution in [2.45, 2.75) is 45.6 Å². The van der Waals surface area contributed by atoms with Crippen molar-refractivity contribution in [1.29, 1.82) is 0 Å². The van der Waals surface area contributed by atoms with Gasteiger partial charge < -0.3 is 24.9 Å². The van der Waals surface area contributed by atoms with Crippen LogP contribution < -0.4 is 5.32 Å². The molecule has 8 nitrogen and oxygen atoms in total. The molecule has 31 heavy (non-hydrogen) atoms. The van der Waals surface area contributed by atoms with E-state index in [1.165, 1.54) is 39.1 Å². The Hall–Kier alpha value is -1.38. The Morgan fingerprint density at radius 2 is 1.58 bits per heavy atom. The van der Waals surface area contributed by atoms with Gasteiger partial charge in [-0.15, -0.1) is 0 Å². The standard InChI is InChI=1S/C23H45N7O/c1-4-24-23(25-9-5-6-10-27-15-13-26(3)14-16-27)30-19-17-28(18-20-30)21(2)22(31)29-11-7-8-12-29/h21H,4-20H2,1-3H3,(H,24,25). The molecule has 0 aromatic heterocycles. The highest BCUT2D eigenvalue weighted by Gasteiger charge is 2.30. The quantitative estimate of drug-likeness (QED) is 0.343. The van der Waals surface area contributed by atoms with Crippen LogP contribution in [0.1, 0.15) is 39.5 Å². The second-order valence-electron chi connectivity index (χ2n) is 9.32. The van der Waals surface area contributed by atoms with E-state index in [2.05, 4.69) is 45.8 Å². The maximum absolute atomic E-state index is 12.7. The lowest BCUT2D eigenvalue weighted by atomic mass is 10.2. The summed E-state index contributed by atoms with van der Waals surface area (Å²) in [6, 6.07) is -0.00523. The third-order valence-electron chi connectivity index (χ3n) is 7.01. The van der Waals surface area contributed by atoms with Crippen LogP contribution in [-0.4, -0.2) is 135 Å². The minimum Gasteiger partial charge on any atom is -0.357 e. The van der Waals surface area contributed by atoms with Gasteiger partial charge in [0.1, 0.15) is 0 Å². The average Bonchev–Trinajstić information content (AvgIpc) is 3.33. The van der Waals surface area contributed by atoms with Crippen molar-refractivity contribution in [3.8, 4) is 0 Å². The van der Waals surface area contributed by atoms with Crippen LogP contribution in [0.3, 0.4) is 0 Å². The number of nitrogens with one attached hydrogen (secondary N) is 1. The van der Waals surface area contributed by atoms with Gasteiger partial charge in [0.2, 0.25) is 5.91 Å². The maximum Gasteiger partial charge on any atom is 0.239 e. The number of piperazine rings is 2. The first-order valence-electron chi connectivity index (χ1n) is 12.6. The Bertz CT molecular complexity index is 562. The van der Waals surface area contributed by atoms with Crippen molar-refractivity contribution in [3.05, 3.63) is 0 Å². The fourth-order valence-electron chi connectivity index (χ4n) is 4.81. The monoisotopic (exact) mass is 435 g/mol. The molecule has 0 aromatic carbocycles. The van der Waals surface area contributed by atoms with E-state index in [-0.39, 0.29) is 6.04 Å². The van der Waals surface area contributed by atoms with Crippen LogP contribution in [0.5, 0.6) is 0 Å². The fraction of sp³-hybridized carbons (Fsp3) is 0.913. The highest BCUT2D eigenvalue weighted by Crippen LogP contribution is 2.14. The summed E-state index contributed by atoms with van der Waals surface area (Å²) in [5, 5.41) is 3.48. The van der Waals surface area contributed by atoms with E-state index in [4.69, 9.17) is 4.99 Å². The summed E-state index contributed by atoms with van der Waals surface area (Å²) in [5.74, 6) is 1.35. The molecular weight excluding hydrogens is 390 g/mol. The number of nitrogens with zero attached hydrogens (tertiary/aromatic N) is 6. The second-order valence-corrected chi connectivity index (χ2v) is 9.32. The van der Waals surface area contributed by atoms with Crippen molar-refractivity contribution < 1.29 is 4.79 Å². The molecule has 1 amide bonds. The number of hydrogen-bond donors (Lipinski definition) is 1. The van der Waals surface area contributed by atoms with E-state index in [1.807, 2.05) is 4.90 Å². The molecule has 1 unspecified atom stereocenters. The summed E-state index contributed by atoms with van der Waals surface area (Å²) < 4.78 is 0. The lowest BCUT2D eigenvalue weighted by Crippen LogP contribution is -2.57. The van der Waals surface area contributed by atoms with Crippen molar-refractivity contribution >= 4 is 11.9 Å². The maximum atomic E-state index is 12.7. The topological polar surface area (TPSA) is 57.7 Å². The molecule has 3 fully saturated rings. The number of hydrogen-bond acceptors (Lipinski definition) is 5. The molecule has 3 aliphatic heterocycles. The minimum atomic E-state index is -0.00523. The number of likely N-dealkylation sites (tertiary alicyclic amines) is 1. The van der Waals surface area contributed by atoms with Crippen LogP contribution in [0, 0.1) is 0 Å². The van der Waals surface area contributed by atoms with Crippen LogP contribution in [0.4, 0.5) is 0 Å². The van der Waals surface area contributed by atoms with E-state index >= 15 is 0 Å². The van der Waals surface area contributed by atoms with Gasteiger partial charge in [-0.2, -0.15) is 0 Å². The largest absolute Gasteiger partial charge is 0.357 e. The Balaban J connectivity index is 1.38. The van der Waals surface area contributed by atoms with Gasteiger partial charge in [0.15, 0.2) is 5.96 Å². The van der Waals surface area contributed by atoms with E-state index in [0.717, 1.165) is 77.6 Å². The molecule has 3 heterocycles. The van der Waals surface area contributed by atoms with Gasteiger partial charge in [-0.25, -0.2) is 0 Å². The van der Waals surface area contributed by atoms with E-state index < -0.39 is 0 Å². The van der Waals surface area contributed by atoms with Crippen LogP contribution in [0.2, 0.25) is 0 Å². The molecule has 0 bridgehead atoms. The number of unbranched alkanes of at least 4 members (excludes halogenated alkanes) is 1. The number of amides is 1. The first kappa shape index (κ1) is 24.3. The van der Waals surface area contributed by atoms with E-state index in [9.17, 15) is 4.79 Å². The summed E-state index contributed by atoms with van der Waals surface area (Å²) in [6.07, 6.45) is 4.67. The van der Waals surface area contributed by atoms with Gasteiger partial charge in [-0.1, -0.05) is 0 Å². The van der Waals surface area contributed by atoms with Gasteiger partial charge in [0.25, 0.3) is 0 Å². The molecule has 0 spiro atoms. The van der Waals surface area contributed by atoms with Gasteiger partial charge in [-0.05, 0) is 53.1 Å². The number of guanidine groups is 1. The lowest BCUT2D eigenvalue weighted by Gasteiger charge is -2.39. The molecule has 3 saturated heterocycles. The summed E-state index contributed by atoms with van der Waals surface area (Å²) in [4.78, 5) is 29.4. The van der Waals surface area contributed by atoms with Gasteiger partial charge in [0.05, 0.1) is 6.04 Å². The molecule has 1 atom stereocenters. The SMILES string of the molecule is CCNC(=NCCCCN1CCN(C)CC1)N1CCN(C(C)C(=O)N2CCCC2)CC1. The number of likely N-dealkylation sites (N-methyl/N-ethyl adjacent to an activating group) is 1. The molecule has 178 valence electrons. The molecule has 0 radical (unpaired) electrons. The van der Waals surface area contributed by atoms with Crippen molar-refractivity contribution in [1.82, 2.24) is 29.8 Å². The zero-order valence-corrected chi connectivity index (χ0v) is 20.2. The average molecular weight is 436 g/mol. The zero-order valence-electron chi connectivity index (χ0n) is 20.2. The Labute approximate surface area is 189 Å². The molecule has 3 aliphatic rings. The summed E-state index contributed by atoms with van der Waals surface area (Å²) in [7, 11) is 2.21. The smallest absolute Gasteiger partial charge is 0.239 e. The van der Waals surface area contributed by atoms with E-state index in [0.29, 0.717) is 5.91 Å². The molecule has 1 N–H and O–H groups in total. The number of carbonyl (C=O) groups excluding carboxylic acids is 1. The Morgan fingerprint density at radius 3 is 2.23 bits per heavy atom. The molecular formula is C23H45N7O. The Morgan fingerprint density at radius 1 is 0.903 bits per heavy atom. The van der Waals surface area contributed by atoms with Crippen molar-refractivity contribution in [2.75, 3.05) is 92.1 Å². The number of rotatable bonds is 8. The highest BCUT2D eigenvalue weighted by atomic mass is 16.2. The third kappa shape index (κ3) is 7.32. The summed E-state index contributed by atoms with van der Waals surface area (Å²) in [5.41, 5.74) is 0. The molecule has 0 aliphatic carbocycles. The first-order chi connectivity index (χ1) is 15.1. The number of aliphatic imine (C=N–C) groups is 1. The second kappa shape index (κ2) is 12.6. The summed E-state index contributed by atoms with van der Waals surface area (Å²) in [6.45, 7) is 17.6. The van der Waals surface area contributed by atoms with Crippen LogP contribution in [-0.2, 0) is 4.79 Å². The van der Waals surface area contributed by atoms with Gasteiger partial charge >= 0.3 is 0 Å². The lowest BCUT2D eigenvalue weighted by molar-refractivity contribution is -0.135. The van der Waals surface area contributed by atoms with Gasteiger partial charge in [-0.3, -0.25) is 14.7 Å². The Kier molecular flexibility index (Phi) is 9.87. The van der Waals surface area contributed by atoms with E-state index in [1.54, 1.807) is 0 Å². The number of carbonyl (C=O) groups is 1. The van der Waals surface area contributed by atoms with Crippen LogP contribution in [0.15, 0.2) is 4.99 Å². The normalized spacial score (nSPS) is 23.4. The zero-order chi connectivity index (χ0) is 22.1. The predicted molar refractivity (Wildman–Crippen MR) is 128 cm³/mol. The van der Waals surface area contributed by atoms with Crippen molar-refractivity contribution in [2.24, 2.45) is 4.99 Å². The fourth-order valence-corrected chi connectivity index (χ4v) is 4.81.